The van der Waals surface area contributed by atoms with Crippen LogP contribution in [-0.2, 0) is 0 Å². The van der Waals surface area contributed by atoms with Crippen molar-refractivity contribution in [2.75, 3.05) is 35.2 Å². The van der Waals surface area contributed by atoms with E-state index in [-0.39, 0.29) is 0 Å². The molecule has 0 spiro atoms. The zero-order valence-electron chi connectivity index (χ0n) is 13.4. The Balaban J connectivity index is 2.57. The smallest absolute Gasteiger partial charge is 0.292 e. The largest absolute Gasteiger partial charge is 0.390 e. The summed E-state index contributed by atoms with van der Waals surface area (Å²) in [5.41, 5.74) is 4.99. The Labute approximate surface area is 119 Å². The van der Waals surface area contributed by atoms with Crippen LogP contribution < -0.4 is 0 Å². The van der Waals surface area contributed by atoms with Gasteiger partial charge in [0.2, 0.25) is 0 Å². The lowest BCUT2D eigenvalue weighted by Crippen LogP contribution is -2.61. The predicted molar refractivity (Wildman–Crippen MR) is 86.4 cm³/mol. The third kappa shape index (κ3) is 2.25. The second-order valence-electron chi connectivity index (χ2n) is 7.19. The van der Waals surface area contributed by atoms with Crippen molar-refractivity contribution >= 4 is 14.3 Å². The molecule has 1 unspecified atom stereocenters. The Morgan fingerprint density at radius 2 is 1.63 bits per heavy atom. The minimum Gasteiger partial charge on any atom is -0.390 e. The van der Waals surface area contributed by atoms with Gasteiger partial charge in [-0.25, -0.2) is 0 Å². The van der Waals surface area contributed by atoms with Crippen LogP contribution in [0.2, 0.25) is 13.1 Å². The summed E-state index contributed by atoms with van der Waals surface area (Å²) < 4.78 is 1.08. The number of allylic oxidation sites excluding steroid dienone is 1. The normalized spacial score (nSPS) is 19.1. The molecule has 1 aliphatic carbocycles. The molecule has 1 aliphatic rings. The number of hydrogen-bond donors (Lipinski definition) is 0. The molecule has 0 aromatic heterocycles. The number of fused-ring (bicyclic) bond motifs is 1. The van der Waals surface area contributed by atoms with Gasteiger partial charge in [0.05, 0.1) is 26.7 Å². The summed E-state index contributed by atoms with van der Waals surface area (Å²) in [5, 5.41) is 0. The minimum atomic E-state index is -1.52. The van der Waals surface area contributed by atoms with Crippen LogP contribution in [0.3, 0.4) is 0 Å². The molecule has 1 atom stereocenters. The summed E-state index contributed by atoms with van der Waals surface area (Å²) in [6.45, 7) is 5.02. The van der Waals surface area contributed by atoms with Gasteiger partial charge in [-0.3, -0.25) is 0 Å². The predicted octanol–water partition coefficient (Wildman–Crippen LogP) is 3.14. The Morgan fingerprint density at radius 1 is 1.05 bits per heavy atom. The Kier molecular flexibility index (Phi) is 3.39. The summed E-state index contributed by atoms with van der Waals surface area (Å²) in [7, 11) is 9.86. The van der Waals surface area contributed by atoms with Crippen LogP contribution in [0.15, 0.2) is 30.0 Å². The highest BCUT2D eigenvalue weighted by Crippen LogP contribution is 2.44. The van der Waals surface area contributed by atoms with Crippen LogP contribution in [0.5, 0.6) is 0 Å². The van der Waals surface area contributed by atoms with Gasteiger partial charge in [0.1, 0.15) is 0 Å². The zero-order valence-corrected chi connectivity index (χ0v) is 14.4. The van der Waals surface area contributed by atoms with Crippen molar-refractivity contribution in [3.8, 4) is 0 Å². The van der Waals surface area contributed by atoms with Crippen molar-refractivity contribution < 1.29 is 4.15 Å². The van der Waals surface area contributed by atoms with E-state index in [4.69, 9.17) is 0 Å². The molecule has 0 fully saturated rings. The highest BCUT2D eigenvalue weighted by Gasteiger charge is 2.51. The van der Waals surface area contributed by atoms with E-state index in [9.17, 15) is 0 Å². The summed E-state index contributed by atoms with van der Waals surface area (Å²) in [4.78, 5) is 2.30. The fourth-order valence-corrected chi connectivity index (χ4v) is 5.69. The van der Waals surface area contributed by atoms with Gasteiger partial charge < -0.3 is 9.05 Å². The SMILES string of the molecule is CN(C)C1=Cc2ccccc2C1[Si](C)(C)[N+](C)(C)C. The highest BCUT2D eigenvalue weighted by molar-refractivity contribution is 6.72. The molecule has 2 nitrogen and oxygen atoms in total. The lowest BCUT2D eigenvalue weighted by Gasteiger charge is -2.45. The third-order valence-electron chi connectivity index (χ3n) is 4.86. The Morgan fingerprint density at radius 3 is 2.16 bits per heavy atom. The molecule has 0 aliphatic heterocycles. The average Bonchev–Trinajstić information content (AvgIpc) is 2.66. The molecular weight excluding hydrogens is 248 g/mol. The van der Waals surface area contributed by atoms with Gasteiger partial charge in [0, 0.05) is 19.8 Å². The minimum absolute atomic E-state index is 0.582. The van der Waals surface area contributed by atoms with Crippen molar-refractivity contribution in [1.29, 1.82) is 0 Å². The van der Waals surface area contributed by atoms with E-state index in [1.54, 1.807) is 0 Å². The van der Waals surface area contributed by atoms with Crippen molar-refractivity contribution in [1.82, 2.24) is 4.90 Å². The average molecular weight is 275 g/mol. The summed E-state index contributed by atoms with van der Waals surface area (Å²) >= 11 is 0. The standard InChI is InChI=1S/C16H27N2Si/c1-17(2)15-12-13-10-8-9-11-14(13)16(15)19(6,7)18(3,4)5/h8-12,16H,1-7H3/q+1. The first-order valence-corrected chi connectivity index (χ1v) is 9.98. The fourth-order valence-electron chi connectivity index (χ4n) is 2.82. The molecule has 1 aromatic carbocycles. The van der Waals surface area contributed by atoms with Gasteiger partial charge >= 0.3 is 0 Å². The fraction of sp³-hybridized carbons (Fsp3) is 0.500. The van der Waals surface area contributed by atoms with Gasteiger partial charge in [-0.2, -0.15) is 0 Å². The van der Waals surface area contributed by atoms with E-state index < -0.39 is 8.24 Å². The van der Waals surface area contributed by atoms with E-state index in [2.05, 4.69) is 83.6 Å². The number of hydrogen-bond acceptors (Lipinski definition) is 1. The molecule has 104 valence electrons. The molecule has 1 aromatic rings. The van der Waals surface area contributed by atoms with Crippen molar-refractivity contribution in [2.24, 2.45) is 0 Å². The van der Waals surface area contributed by atoms with Gasteiger partial charge in [-0.15, -0.1) is 0 Å². The summed E-state index contributed by atoms with van der Waals surface area (Å²) in [6.07, 6.45) is 2.38. The molecule has 0 amide bonds. The van der Waals surface area contributed by atoms with E-state index >= 15 is 0 Å². The summed E-state index contributed by atoms with van der Waals surface area (Å²) in [5.74, 6) is 0. The first kappa shape index (κ1) is 14.3. The van der Waals surface area contributed by atoms with Crippen molar-refractivity contribution in [3.05, 3.63) is 41.1 Å². The second kappa shape index (κ2) is 4.49. The quantitative estimate of drug-likeness (QED) is 0.766. The topological polar surface area (TPSA) is 3.24 Å². The monoisotopic (exact) mass is 275 g/mol. The summed E-state index contributed by atoms with van der Waals surface area (Å²) in [6, 6.07) is 8.89. The van der Waals surface area contributed by atoms with Crippen LogP contribution in [0.4, 0.5) is 0 Å². The van der Waals surface area contributed by atoms with E-state index in [1.165, 1.54) is 16.8 Å². The molecule has 0 heterocycles. The molecule has 2 rings (SSSR count). The second-order valence-corrected chi connectivity index (χ2v) is 12.4. The van der Waals surface area contributed by atoms with Gasteiger partial charge in [0.15, 0.2) is 0 Å². The molecule has 0 radical (unpaired) electrons. The number of likely N-dealkylation sites (N-methyl/N-ethyl adjacent to an activating group) is 1. The van der Waals surface area contributed by atoms with Gasteiger partial charge in [-0.1, -0.05) is 24.3 Å². The maximum atomic E-state index is 2.51. The van der Waals surface area contributed by atoms with Crippen LogP contribution in [0, 0.1) is 0 Å². The van der Waals surface area contributed by atoms with Crippen LogP contribution in [0.25, 0.3) is 6.08 Å². The first-order chi connectivity index (χ1) is 8.66. The van der Waals surface area contributed by atoms with Crippen LogP contribution in [-0.4, -0.2) is 52.5 Å². The maximum absolute atomic E-state index is 2.51. The Hall–Kier alpha value is -1.06. The zero-order chi connectivity index (χ0) is 14.4. The number of rotatable bonds is 3. The number of nitrogens with zero attached hydrogens (tertiary/aromatic N) is 2. The molecule has 0 bridgehead atoms. The lowest BCUT2D eigenvalue weighted by atomic mass is 10.1. The first-order valence-electron chi connectivity index (χ1n) is 6.95. The van der Waals surface area contributed by atoms with Crippen molar-refractivity contribution in [2.45, 2.75) is 18.6 Å². The highest BCUT2D eigenvalue weighted by atomic mass is 28.3. The number of quaternary nitrogens is 1. The van der Waals surface area contributed by atoms with Crippen molar-refractivity contribution in [3.63, 3.8) is 0 Å². The molecule has 0 saturated heterocycles. The van der Waals surface area contributed by atoms with Gasteiger partial charge in [-0.05, 0) is 30.3 Å². The number of benzene rings is 1. The van der Waals surface area contributed by atoms with E-state index in [0.717, 1.165) is 4.15 Å². The molecule has 0 saturated carbocycles. The maximum Gasteiger partial charge on any atom is 0.292 e. The van der Waals surface area contributed by atoms with Crippen LogP contribution >= 0.6 is 0 Å². The van der Waals surface area contributed by atoms with E-state index in [0.29, 0.717) is 5.54 Å². The third-order valence-corrected chi connectivity index (χ3v) is 10.3. The van der Waals surface area contributed by atoms with Crippen LogP contribution in [0.1, 0.15) is 16.7 Å². The molecule has 0 N–H and O–H groups in total. The molecular formula is C16H27N2Si+. The van der Waals surface area contributed by atoms with Gasteiger partial charge in [0.25, 0.3) is 8.24 Å². The van der Waals surface area contributed by atoms with E-state index in [1.807, 2.05) is 0 Å². The molecule has 3 heteroatoms. The Bertz CT molecular complexity index is 510. The molecule has 19 heavy (non-hydrogen) atoms. The lowest BCUT2D eigenvalue weighted by molar-refractivity contribution is -0.769.